The van der Waals surface area contributed by atoms with Crippen molar-refractivity contribution in [3.05, 3.63) is 35.4 Å². The maximum Gasteiger partial charge on any atom is 0.146 e. The molecule has 0 saturated heterocycles. The number of halogens is 1. The van der Waals surface area contributed by atoms with Gasteiger partial charge in [0.15, 0.2) is 0 Å². The van der Waals surface area contributed by atoms with Gasteiger partial charge in [-0.15, -0.1) is 0 Å². The van der Waals surface area contributed by atoms with Gasteiger partial charge in [0.05, 0.1) is 5.69 Å². The fourth-order valence-corrected chi connectivity index (χ4v) is 1.64. The molecule has 0 saturated carbocycles. The number of aryl methyl sites for hydroxylation is 1. The lowest BCUT2D eigenvalue weighted by Gasteiger charge is -2.03. The van der Waals surface area contributed by atoms with E-state index in [4.69, 9.17) is 17.3 Å². The summed E-state index contributed by atoms with van der Waals surface area (Å²) in [6, 6.07) is 9.43. The molecule has 0 aliphatic rings. The minimum absolute atomic E-state index is 0.502. The summed E-state index contributed by atoms with van der Waals surface area (Å²) in [6.07, 6.45) is 0. The van der Waals surface area contributed by atoms with Gasteiger partial charge in [0.2, 0.25) is 0 Å². The van der Waals surface area contributed by atoms with Crippen molar-refractivity contribution in [2.75, 3.05) is 5.73 Å². The second-order valence-corrected chi connectivity index (χ2v) is 3.47. The second-order valence-electron chi connectivity index (χ2n) is 3.06. The van der Waals surface area contributed by atoms with E-state index in [1.54, 1.807) is 10.7 Å². The van der Waals surface area contributed by atoms with Crippen molar-refractivity contribution in [1.82, 2.24) is 9.78 Å². The van der Waals surface area contributed by atoms with Crippen LogP contribution < -0.4 is 5.73 Å². The molecule has 0 spiro atoms. The Hall–Kier alpha value is -1.48. The first-order chi connectivity index (χ1) is 6.68. The third-order valence-electron chi connectivity index (χ3n) is 2.05. The normalized spacial score (nSPS) is 10.4. The van der Waals surface area contributed by atoms with Crippen LogP contribution in [0.2, 0.25) is 5.02 Å². The molecule has 2 rings (SSSR count). The highest BCUT2D eigenvalue weighted by Crippen LogP contribution is 2.27. The Morgan fingerprint density at radius 3 is 2.64 bits per heavy atom. The smallest absolute Gasteiger partial charge is 0.146 e. The SMILES string of the molecule is Cn1nc(N)cc1-c1ccccc1Cl. The predicted molar refractivity (Wildman–Crippen MR) is 58.1 cm³/mol. The molecular formula is C10H10ClN3. The van der Waals surface area contributed by atoms with Crippen molar-refractivity contribution in [3.63, 3.8) is 0 Å². The van der Waals surface area contributed by atoms with Gasteiger partial charge in [-0.1, -0.05) is 29.8 Å². The van der Waals surface area contributed by atoms with E-state index in [2.05, 4.69) is 5.10 Å². The topological polar surface area (TPSA) is 43.8 Å². The number of hydrogen-bond acceptors (Lipinski definition) is 2. The highest BCUT2D eigenvalue weighted by atomic mass is 35.5. The van der Waals surface area contributed by atoms with Gasteiger partial charge in [-0.05, 0) is 6.07 Å². The number of anilines is 1. The molecule has 0 unspecified atom stereocenters. The largest absolute Gasteiger partial charge is 0.382 e. The summed E-state index contributed by atoms with van der Waals surface area (Å²) in [5, 5.41) is 4.77. The van der Waals surface area contributed by atoms with Gasteiger partial charge in [0.25, 0.3) is 0 Å². The van der Waals surface area contributed by atoms with E-state index in [0.29, 0.717) is 10.8 Å². The standard InChI is InChI=1S/C10H10ClN3/c1-14-9(6-10(12)13-14)7-4-2-3-5-8(7)11/h2-6H,1H3,(H2,12,13). The summed E-state index contributed by atoms with van der Waals surface area (Å²) >= 11 is 6.06. The zero-order valence-electron chi connectivity index (χ0n) is 7.74. The van der Waals surface area contributed by atoms with Crippen molar-refractivity contribution >= 4 is 17.4 Å². The molecule has 2 N–H and O–H groups in total. The zero-order valence-corrected chi connectivity index (χ0v) is 8.49. The highest BCUT2D eigenvalue weighted by Gasteiger charge is 2.07. The first-order valence-electron chi connectivity index (χ1n) is 4.23. The summed E-state index contributed by atoms with van der Waals surface area (Å²) < 4.78 is 1.72. The maximum absolute atomic E-state index is 6.06. The van der Waals surface area contributed by atoms with Crippen molar-refractivity contribution < 1.29 is 0 Å². The van der Waals surface area contributed by atoms with Gasteiger partial charge in [0, 0.05) is 23.7 Å². The van der Waals surface area contributed by atoms with Crippen LogP contribution >= 0.6 is 11.6 Å². The van der Waals surface area contributed by atoms with Crippen molar-refractivity contribution in [2.24, 2.45) is 7.05 Å². The Balaban J connectivity index is 2.60. The molecule has 0 bridgehead atoms. The lowest BCUT2D eigenvalue weighted by Crippen LogP contribution is -1.94. The molecule has 0 fully saturated rings. The van der Waals surface area contributed by atoms with Crippen LogP contribution in [0.25, 0.3) is 11.3 Å². The molecule has 4 heteroatoms. The van der Waals surface area contributed by atoms with Crippen molar-refractivity contribution in [1.29, 1.82) is 0 Å². The van der Waals surface area contributed by atoms with Gasteiger partial charge in [-0.2, -0.15) is 5.10 Å². The monoisotopic (exact) mass is 207 g/mol. The number of nitrogen functional groups attached to an aromatic ring is 1. The molecule has 0 amide bonds. The average Bonchev–Trinajstić information content (AvgIpc) is 2.46. The van der Waals surface area contributed by atoms with Crippen molar-refractivity contribution in [2.45, 2.75) is 0 Å². The number of aromatic nitrogens is 2. The molecule has 14 heavy (non-hydrogen) atoms. The number of nitrogens with two attached hydrogens (primary N) is 1. The third-order valence-corrected chi connectivity index (χ3v) is 2.38. The quantitative estimate of drug-likeness (QED) is 0.780. The summed E-state index contributed by atoms with van der Waals surface area (Å²) in [5.41, 5.74) is 7.46. The molecule has 72 valence electrons. The predicted octanol–water partition coefficient (Wildman–Crippen LogP) is 2.32. The maximum atomic E-state index is 6.06. The Morgan fingerprint density at radius 2 is 2.07 bits per heavy atom. The first-order valence-corrected chi connectivity index (χ1v) is 4.60. The molecule has 0 aliphatic heterocycles. The molecule has 3 nitrogen and oxygen atoms in total. The van der Waals surface area contributed by atoms with Crippen LogP contribution in [0.15, 0.2) is 30.3 Å². The zero-order chi connectivity index (χ0) is 10.1. The lowest BCUT2D eigenvalue weighted by molar-refractivity contribution is 0.780. The number of nitrogens with zero attached hydrogens (tertiary/aromatic N) is 2. The second kappa shape index (κ2) is 3.35. The average molecular weight is 208 g/mol. The lowest BCUT2D eigenvalue weighted by atomic mass is 10.1. The Morgan fingerprint density at radius 1 is 1.36 bits per heavy atom. The summed E-state index contributed by atoms with van der Waals surface area (Å²) in [4.78, 5) is 0. The van der Waals surface area contributed by atoms with E-state index in [1.165, 1.54) is 0 Å². The highest BCUT2D eigenvalue weighted by molar-refractivity contribution is 6.33. The number of rotatable bonds is 1. The first kappa shape index (κ1) is 9.09. The van der Waals surface area contributed by atoms with Gasteiger partial charge in [0.1, 0.15) is 5.82 Å². The van der Waals surface area contributed by atoms with Gasteiger partial charge < -0.3 is 5.73 Å². The van der Waals surface area contributed by atoms with Crippen LogP contribution in [0.4, 0.5) is 5.82 Å². The number of hydrogen-bond donors (Lipinski definition) is 1. The molecule has 1 aromatic heterocycles. The van der Waals surface area contributed by atoms with Crippen LogP contribution in [0, 0.1) is 0 Å². The van der Waals surface area contributed by atoms with Crippen LogP contribution in [0.5, 0.6) is 0 Å². The third kappa shape index (κ3) is 1.46. The van der Waals surface area contributed by atoms with Crippen LogP contribution in [0.3, 0.4) is 0 Å². The molecule has 0 radical (unpaired) electrons. The molecule has 2 aromatic rings. The van der Waals surface area contributed by atoms with E-state index >= 15 is 0 Å². The van der Waals surface area contributed by atoms with Gasteiger partial charge in [-0.25, -0.2) is 0 Å². The molecular weight excluding hydrogens is 198 g/mol. The Kier molecular flexibility index (Phi) is 2.17. The van der Waals surface area contributed by atoms with E-state index < -0.39 is 0 Å². The van der Waals surface area contributed by atoms with E-state index in [9.17, 15) is 0 Å². The summed E-state index contributed by atoms with van der Waals surface area (Å²) in [5.74, 6) is 0.502. The van der Waals surface area contributed by atoms with E-state index in [-0.39, 0.29) is 0 Å². The fraction of sp³-hybridized carbons (Fsp3) is 0.100. The molecule has 0 aliphatic carbocycles. The minimum Gasteiger partial charge on any atom is -0.382 e. The molecule has 1 aromatic carbocycles. The Labute approximate surface area is 87.1 Å². The summed E-state index contributed by atoms with van der Waals surface area (Å²) in [6.45, 7) is 0. The minimum atomic E-state index is 0.502. The van der Waals surface area contributed by atoms with Crippen molar-refractivity contribution in [3.8, 4) is 11.3 Å². The van der Waals surface area contributed by atoms with Crippen LogP contribution in [0.1, 0.15) is 0 Å². The fourth-order valence-electron chi connectivity index (χ4n) is 1.41. The Bertz CT molecular complexity index is 462. The summed E-state index contributed by atoms with van der Waals surface area (Å²) in [7, 11) is 1.84. The van der Waals surface area contributed by atoms with Gasteiger partial charge >= 0.3 is 0 Å². The van der Waals surface area contributed by atoms with E-state index in [1.807, 2.05) is 31.3 Å². The van der Waals surface area contributed by atoms with Crippen LogP contribution in [-0.2, 0) is 7.05 Å². The number of benzene rings is 1. The molecule has 1 heterocycles. The van der Waals surface area contributed by atoms with Crippen LogP contribution in [-0.4, -0.2) is 9.78 Å². The van der Waals surface area contributed by atoms with E-state index in [0.717, 1.165) is 11.3 Å². The molecule has 0 atom stereocenters. The van der Waals surface area contributed by atoms with Gasteiger partial charge in [-0.3, -0.25) is 4.68 Å².